The first-order chi connectivity index (χ1) is 5.37. The topological polar surface area (TPSA) is 20.2 Å². The number of rotatable bonds is 4. The predicted octanol–water partition coefficient (Wildman–Crippen LogP) is 3.22. The summed E-state index contributed by atoms with van der Waals surface area (Å²) in [6.07, 6.45) is 3.10. The molecule has 0 aromatic rings. The molecule has 0 saturated carbocycles. The lowest BCUT2D eigenvalue weighted by Gasteiger charge is -2.26. The van der Waals surface area contributed by atoms with Gasteiger partial charge in [-0.2, -0.15) is 0 Å². The van der Waals surface area contributed by atoms with Gasteiger partial charge in [0.15, 0.2) is 0 Å². The van der Waals surface area contributed by atoms with E-state index < -0.39 is 0 Å². The predicted molar refractivity (Wildman–Crippen MR) is 54.2 cm³/mol. The molecule has 0 rings (SSSR count). The van der Waals surface area contributed by atoms with Gasteiger partial charge in [-0.05, 0) is 24.2 Å². The van der Waals surface area contributed by atoms with Gasteiger partial charge in [-0.15, -0.1) is 0 Å². The largest absolute Gasteiger partial charge is 0.393 e. The van der Waals surface area contributed by atoms with Crippen LogP contribution in [0, 0.1) is 11.3 Å². The third-order valence-corrected chi connectivity index (χ3v) is 2.22. The summed E-state index contributed by atoms with van der Waals surface area (Å²) in [5.74, 6) is 0.453. The van der Waals surface area contributed by atoms with Gasteiger partial charge in [-0.1, -0.05) is 41.0 Å². The Morgan fingerprint density at radius 3 is 2.08 bits per heavy atom. The second kappa shape index (κ2) is 4.86. The molecule has 0 aliphatic carbocycles. The molecular formula is C11H24O. The maximum atomic E-state index is 9.78. The van der Waals surface area contributed by atoms with E-state index in [1.165, 1.54) is 6.42 Å². The smallest absolute Gasteiger partial charge is 0.0570 e. The Hall–Kier alpha value is -0.0400. The standard InChI is InChI=1S/C11H24O/c1-6-7-9(2)10(12)8-11(3,4)5/h9-10,12H,6-8H2,1-5H3. The third kappa shape index (κ3) is 5.59. The molecule has 1 N–H and O–H groups in total. The molecule has 0 saturated heterocycles. The zero-order valence-electron chi connectivity index (χ0n) is 9.22. The minimum Gasteiger partial charge on any atom is -0.393 e. The highest BCUT2D eigenvalue weighted by atomic mass is 16.3. The molecule has 0 aliphatic rings. The van der Waals surface area contributed by atoms with Crippen LogP contribution in [0.2, 0.25) is 0 Å². The van der Waals surface area contributed by atoms with Crippen LogP contribution in [0.1, 0.15) is 53.9 Å². The van der Waals surface area contributed by atoms with E-state index in [1.807, 2.05) is 0 Å². The highest BCUT2D eigenvalue weighted by Gasteiger charge is 2.20. The first-order valence-corrected chi connectivity index (χ1v) is 5.05. The number of aliphatic hydroxyl groups is 1. The third-order valence-electron chi connectivity index (χ3n) is 2.22. The fraction of sp³-hybridized carbons (Fsp3) is 1.00. The number of hydrogen-bond acceptors (Lipinski definition) is 1. The van der Waals surface area contributed by atoms with Crippen molar-refractivity contribution in [3.8, 4) is 0 Å². The molecule has 1 nitrogen and oxygen atoms in total. The van der Waals surface area contributed by atoms with Crippen LogP contribution in [-0.4, -0.2) is 11.2 Å². The van der Waals surface area contributed by atoms with Gasteiger partial charge in [-0.25, -0.2) is 0 Å². The molecule has 0 spiro atoms. The molecule has 0 heterocycles. The molecule has 0 aliphatic heterocycles. The Labute approximate surface area is 77.2 Å². The molecular weight excluding hydrogens is 148 g/mol. The SMILES string of the molecule is CCCC(C)C(O)CC(C)(C)C. The minimum atomic E-state index is -0.120. The molecule has 0 radical (unpaired) electrons. The summed E-state index contributed by atoms with van der Waals surface area (Å²) in [5, 5.41) is 9.78. The van der Waals surface area contributed by atoms with E-state index >= 15 is 0 Å². The van der Waals surface area contributed by atoms with E-state index in [2.05, 4.69) is 34.6 Å². The van der Waals surface area contributed by atoms with Crippen LogP contribution in [-0.2, 0) is 0 Å². The Bertz CT molecular complexity index is 113. The Morgan fingerprint density at radius 1 is 1.25 bits per heavy atom. The fourth-order valence-corrected chi connectivity index (χ4v) is 1.48. The van der Waals surface area contributed by atoms with Gasteiger partial charge in [0.1, 0.15) is 0 Å². The molecule has 0 fully saturated rings. The van der Waals surface area contributed by atoms with Crippen molar-refractivity contribution in [3.05, 3.63) is 0 Å². The highest BCUT2D eigenvalue weighted by molar-refractivity contribution is 4.72. The summed E-state index contributed by atoms with van der Waals surface area (Å²) in [6.45, 7) is 10.8. The molecule has 0 amide bonds. The van der Waals surface area contributed by atoms with Crippen molar-refractivity contribution in [2.24, 2.45) is 11.3 Å². The van der Waals surface area contributed by atoms with Crippen LogP contribution in [0.4, 0.5) is 0 Å². The molecule has 0 aromatic heterocycles. The Kier molecular flexibility index (Phi) is 4.84. The van der Waals surface area contributed by atoms with Crippen LogP contribution in [0.15, 0.2) is 0 Å². The first-order valence-electron chi connectivity index (χ1n) is 5.05. The number of aliphatic hydroxyl groups excluding tert-OH is 1. The summed E-state index contributed by atoms with van der Waals surface area (Å²) in [5.41, 5.74) is 0.251. The summed E-state index contributed by atoms with van der Waals surface area (Å²) in [7, 11) is 0. The zero-order valence-corrected chi connectivity index (χ0v) is 9.22. The van der Waals surface area contributed by atoms with E-state index in [4.69, 9.17) is 0 Å². The van der Waals surface area contributed by atoms with Gasteiger partial charge >= 0.3 is 0 Å². The van der Waals surface area contributed by atoms with E-state index in [-0.39, 0.29) is 11.5 Å². The number of hydrogen-bond donors (Lipinski definition) is 1. The second-order valence-electron chi connectivity index (χ2n) is 5.10. The minimum absolute atomic E-state index is 0.120. The van der Waals surface area contributed by atoms with Gasteiger partial charge in [0.25, 0.3) is 0 Å². The van der Waals surface area contributed by atoms with Gasteiger partial charge in [0.2, 0.25) is 0 Å². The van der Waals surface area contributed by atoms with Crippen molar-refractivity contribution in [2.45, 2.75) is 60.0 Å². The Balaban J connectivity index is 3.78. The molecule has 74 valence electrons. The fourth-order valence-electron chi connectivity index (χ4n) is 1.48. The summed E-state index contributed by atoms with van der Waals surface area (Å²) in [6, 6.07) is 0. The quantitative estimate of drug-likeness (QED) is 0.690. The van der Waals surface area contributed by atoms with Crippen molar-refractivity contribution in [3.63, 3.8) is 0 Å². The maximum Gasteiger partial charge on any atom is 0.0570 e. The van der Waals surface area contributed by atoms with Crippen LogP contribution in [0.3, 0.4) is 0 Å². The average Bonchev–Trinajstić information content (AvgIpc) is 1.84. The molecule has 1 heteroatoms. The normalized spacial score (nSPS) is 17.5. The summed E-state index contributed by atoms with van der Waals surface area (Å²) in [4.78, 5) is 0. The molecule has 2 atom stereocenters. The van der Waals surface area contributed by atoms with E-state index in [1.54, 1.807) is 0 Å². The molecule has 0 aromatic carbocycles. The lowest BCUT2D eigenvalue weighted by Crippen LogP contribution is -2.24. The highest BCUT2D eigenvalue weighted by Crippen LogP contribution is 2.25. The van der Waals surface area contributed by atoms with Gasteiger partial charge < -0.3 is 5.11 Å². The summed E-state index contributed by atoms with van der Waals surface area (Å²) >= 11 is 0. The molecule has 0 bridgehead atoms. The summed E-state index contributed by atoms with van der Waals surface area (Å²) < 4.78 is 0. The van der Waals surface area contributed by atoms with E-state index in [9.17, 15) is 5.11 Å². The van der Waals surface area contributed by atoms with Crippen molar-refractivity contribution in [1.82, 2.24) is 0 Å². The van der Waals surface area contributed by atoms with Crippen LogP contribution < -0.4 is 0 Å². The monoisotopic (exact) mass is 172 g/mol. The van der Waals surface area contributed by atoms with Crippen molar-refractivity contribution in [1.29, 1.82) is 0 Å². The Morgan fingerprint density at radius 2 is 1.75 bits per heavy atom. The van der Waals surface area contributed by atoms with E-state index in [0.717, 1.165) is 12.8 Å². The molecule has 12 heavy (non-hydrogen) atoms. The van der Waals surface area contributed by atoms with Gasteiger partial charge in [0, 0.05) is 0 Å². The van der Waals surface area contributed by atoms with Crippen LogP contribution in [0.5, 0.6) is 0 Å². The van der Waals surface area contributed by atoms with Crippen molar-refractivity contribution < 1.29 is 5.11 Å². The first kappa shape index (κ1) is 12.0. The van der Waals surface area contributed by atoms with Crippen molar-refractivity contribution >= 4 is 0 Å². The maximum absolute atomic E-state index is 9.78. The second-order valence-corrected chi connectivity index (χ2v) is 5.10. The average molecular weight is 172 g/mol. The zero-order chi connectivity index (χ0) is 9.78. The van der Waals surface area contributed by atoms with Gasteiger partial charge in [0.05, 0.1) is 6.10 Å². The van der Waals surface area contributed by atoms with Crippen LogP contribution in [0.25, 0.3) is 0 Å². The lowest BCUT2D eigenvalue weighted by atomic mass is 9.84. The van der Waals surface area contributed by atoms with Crippen molar-refractivity contribution in [2.75, 3.05) is 0 Å². The lowest BCUT2D eigenvalue weighted by molar-refractivity contribution is 0.0694. The molecule has 2 unspecified atom stereocenters. The van der Waals surface area contributed by atoms with Crippen LogP contribution >= 0.6 is 0 Å². The van der Waals surface area contributed by atoms with Gasteiger partial charge in [-0.3, -0.25) is 0 Å². The van der Waals surface area contributed by atoms with E-state index in [0.29, 0.717) is 5.92 Å².